The number of ether oxygens (including phenoxy) is 2. The number of hydrogen-bond donors (Lipinski definition) is 2. The first-order valence-electron chi connectivity index (χ1n) is 10.6. The molecule has 0 saturated carbocycles. The predicted molar refractivity (Wildman–Crippen MR) is 115 cm³/mol. The molecule has 1 atom stereocenters. The second-order valence-corrected chi connectivity index (χ2v) is 7.10. The summed E-state index contributed by atoms with van der Waals surface area (Å²) >= 11 is 0. The van der Waals surface area contributed by atoms with Crippen LogP contribution in [0, 0.1) is 0 Å². The SMILES string of the molecule is CCNC(=NCCCOC1CCOC1)NCCc1nccn1Cc1ccccc1. The zero-order chi connectivity index (χ0) is 20.2. The molecule has 0 aliphatic carbocycles. The van der Waals surface area contributed by atoms with E-state index in [4.69, 9.17) is 9.47 Å². The van der Waals surface area contributed by atoms with Crippen LogP contribution in [0.5, 0.6) is 0 Å². The molecule has 1 aliphatic heterocycles. The summed E-state index contributed by atoms with van der Waals surface area (Å²) in [6.07, 6.45) is 6.94. The van der Waals surface area contributed by atoms with E-state index in [-0.39, 0.29) is 6.10 Å². The summed E-state index contributed by atoms with van der Waals surface area (Å²) in [5.74, 6) is 1.92. The fraction of sp³-hybridized carbons (Fsp3) is 0.545. The first kappa shape index (κ1) is 21.3. The van der Waals surface area contributed by atoms with E-state index in [0.717, 1.165) is 77.0 Å². The third-order valence-electron chi connectivity index (χ3n) is 4.80. The minimum Gasteiger partial charge on any atom is -0.379 e. The van der Waals surface area contributed by atoms with Crippen molar-refractivity contribution >= 4 is 5.96 Å². The van der Waals surface area contributed by atoms with Crippen LogP contribution in [0.3, 0.4) is 0 Å². The van der Waals surface area contributed by atoms with Gasteiger partial charge in [-0.1, -0.05) is 30.3 Å². The summed E-state index contributed by atoms with van der Waals surface area (Å²) in [7, 11) is 0. The summed E-state index contributed by atoms with van der Waals surface area (Å²) < 4.78 is 13.3. The normalized spacial score (nSPS) is 16.9. The lowest BCUT2D eigenvalue weighted by molar-refractivity contribution is 0.0424. The van der Waals surface area contributed by atoms with Gasteiger partial charge in [0, 0.05) is 58.2 Å². The van der Waals surface area contributed by atoms with Gasteiger partial charge in [0.25, 0.3) is 0 Å². The Morgan fingerprint density at radius 1 is 1.31 bits per heavy atom. The van der Waals surface area contributed by atoms with E-state index in [0.29, 0.717) is 0 Å². The molecule has 0 amide bonds. The van der Waals surface area contributed by atoms with Crippen LogP contribution in [0.2, 0.25) is 0 Å². The lowest BCUT2D eigenvalue weighted by atomic mass is 10.2. The molecule has 1 aromatic heterocycles. The smallest absolute Gasteiger partial charge is 0.191 e. The molecule has 2 N–H and O–H groups in total. The fourth-order valence-corrected chi connectivity index (χ4v) is 3.28. The minimum absolute atomic E-state index is 0.268. The maximum absolute atomic E-state index is 5.79. The molecular weight excluding hydrogens is 366 g/mol. The highest BCUT2D eigenvalue weighted by molar-refractivity contribution is 5.79. The van der Waals surface area contributed by atoms with Gasteiger partial charge in [0.15, 0.2) is 5.96 Å². The molecule has 2 heterocycles. The molecule has 3 rings (SSSR count). The van der Waals surface area contributed by atoms with E-state index in [1.54, 1.807) is 0 Å². The third kappa shape index (κ3) is 7.51. The van der Waals surface area contributed by atoms with Gasteiger partial charge in [0.1, 0.15) is 5.82 Å². The first-order chi connectivity index (χ1) is 14.3. The van der Waals surface area contributed by atoms with Crippen LogP contribution in [-0.2, 0) is 22.4 Å². The van der Waals surface area contributed by atoms with Crippen molar-refractivity contribution in [1.29, 1.82) is 0 Å². The van der Waals surface area contributed by atoms with E-state index >= 15 is 0 Å². The Labute approximate surface area is 173 Å². The molecular formula is C22H33N5O2. The number of hydrogen-bond acceptors (Lipinski definition) is 4. The molecule has 1 unspecified atom stereocenters. The van der Waals surface area contributed by atoms with Crippen molar-refractivity contribution in [2.75, 3.05) is 39.5 Å². The number of aromatic nitrogens is 2. The van der Waals surface area contributed by atoms with E-state index < -0.39 is 0 Å². The topological polar surface area (TPSA) is 72.7 Å². The van der Waals surface area contributed by atoms with Crippen LogP contribution >= 0.6 is 0 Å². The molecule has 7 nitrogen and oxygen atoms in total. The molecule has 0 bridgehead atoms. The summed E-state index contributed by atoms with van der Waals surface area (Å²) in [5.41, 5.74) is 1.28. The van der Waals surface area contributed by atoms with Crippen LogP contribution in [0.1, 0.15) is 31.2 Å². The van der Waals surface area contributed by atoms with E-state index in [1.807, 2.05) is 18.5 Å². The van der Waals surface area contributed by atoms with Crippen LogP contribution in [-0.4, -0.2) is 61.1 Å². The Morgan fingerprint density at radius 3 is 3.00 bits per heavy atom. The Kier molecular flexibility index (Phi) is 9.00. The molecule has 1 saturated heterocycles. The average Bonchev–Trinajstić information content (AvgIpc) is 3.41. The number of nitrogens with zero attached hydrogens (tertiary/aromatic N) is 3. The van der Waals surface area contributed by atoms with Gasteiger partial charge in [0.2, 0.25) is 0 Å². The van der Waals surface area contributed by atoms with Crippen LogP contribution < -0.4 is 10.6 Å². The Hall–Kier alpha value is -2.38. The lowest BCUT2D eigenvalue weighted by Crippen LogP contribution is -2.38. The van der Waals surface area contributed by atoms with Crippen molar-refractivity contribution < 1.29 is 9.47 Å². The van der Waals surface area contributed by atoms with Gasteiger partial charge in [-0.05, 0) is 25.3 Å². The summed E-state index contributed by atoms with van der Waals surface area (Å²) in [4.78, 5) is 9.16. The number of aliphatic imine (C=N–C) groups is 1. The van der Waals surface area contributed by atoms with Crippen molar-refractivity contribution in [1.82, 2.24) is 20.2 Å². The zero-order valence-corrected chi connectivity index (χ0v) is 17.3. The van der Waals surface area contributed by atoms with Crippen LogP contribution in [0.4, 0.5) is 0 Å². The molecule has 1 fully saturated rings. The molecule has 7 heteroatoms. The molecule has 0 spiro atoms. The largest absolute Gasteiger partial charge is 0.379 e. The van der Waals surface area contributed by atoms with Gasteiger partial charge in [-0.3, -0.25) is 4.99 Å². The second kappa shape index (κ2) is 12.2. The number of rotatable bonds is 11. The highest BCUT2D eigenvalue weighted by Crippen LogP contribution is 2.08. The van der Waals surface area contributed by atoms with Crippen molar-refractivity contribution in [3.8, 4) is 0 Å². The maximum atomic E-state index is 5.79. The molecule has 29 heavy (non-hydrogen) atoms. The Morgan fingerprint density at radius 2 is 2.21 bits per heavy atom. The summed E-state index contributed by atoms with van der Waals surface area (Å²) in [6, 6.07) is 10.5. The van der Waals surface area contributed by atoms with Gasteiger partial charge >= 0.3 is 0 Å². The van der Waals surface area contributed by atoms with Gasteiger partial charge in [-0.25, -0.2) is 4.98 Å². The standard InChI is InChI=1S/C22H33N5O2/c1-2-23-22(25-11-6-15-29-20-10-16-28-18-20)26-12-9-21-24-13-14-27(21)17-19-7-4-3-5-8-19/h3-5,7-8,13-14,20H,2,6,9-12,15-18H2,1H3,(H2,23,25,26). The van der Waals surface area contributed by atoms with E-state index in [2.05, 4.69) is 56.4 Å². The van der Waals surface area contributed by atoms with Gasteiger partial charge in [-0.15, -0.1) is 0 Å². The highest BCUT2D eigenvalue weighted by Gasteiger charge is 2.15. The van der Waals surface area contributed by atoms with Crippen LogP contribution in [0.15, 0.2) is 47.7 Å². The van der Waals surface area contributed by atoms with E-state index in [9.17, 15) is 0 Å². The van der Waals surface area contributed by atoms with Crippen LogP contribution in [0.25, 0.3) is 0 Å². The summed E-state index contributed by atoms with van der Waals surface area (Å²) in [6.45, 7) is 7.56. The third-order valence-corrected chi connectivity index (χ3v) is 4.80. The molecule has 158 valence electrons. The zero-order valence-electron chi connectivity index (χ0n) is 17.3. The molecule has 1 aromatic carbocycles. The quantitative estimate of drug-likeness (QED) is 0.344. The number of benzene rings is 1. The van der Waals surface area contributed by atoms with Crippen molar-refractivity contribution in [2.24, 2.45) is 4.99 Å². The minimum atomic E-state index is 0.268. The highest BCUT2D eigenvalue weighted by atomic mass is 16.5. The monoisotopic (exact) mass is 399 g/mol. The average molecular weight is 400 g/mol. The van der Waals surface area contributed by atoms with Crippen molar-refractivity contribution in [3.05, 3.63) is 54.1 Å². The Bertz CT molecular complexity index is 726. The van der Waals surface area contributed by atoms with Crippen molar-refractivity contribution in [2.45, 2.75) is 38.8 Å². The lowest BCUT2D eigenvalue weighted by Gasteiger charge is -2.13. The molecule has 2 aromatic rings. The molecule has 0 radical (unpaired) electrons. The summed E-state index contributed by atoms with van der Waals surface area (Å²) in [5, 5.41) is 6.71. The number of imidazole rings is 1. The number of nitrogens with one attached hydrogen (secondary N) is 2. The second-order valence-electron chi connectivity index (χ2n) is 7.10. The molecule has 1 aliphatic rings. The fourth-order valence-electron chi connectivity index (χ4n) is 3.28. The first-order valence-corrected chi connectivity index (χ1v) is 10.6. The number of guanidine groups is 1. The Balaban J connectivity index is 1.39. The van der Waals surface area contributed by atoms with E-state index in [1.165, 1.54) is 5.56 Å². The maximum Gasteiger partial charge on any atom is 0.191 e. The van der Waals surface area contributed by atoms with Gasteiger partial charge in [-0.2, -0.15) is 0 Å². The van der Waals surface area contributed by atoms with Gasteiger partial charge < -0.3 is 24.7 Å². The predicted octanol–water partition coefficient (Wildman–Crippen LogP) is 2.22. The van der Waals surface area contributed by atoms with Gasteiger partial charge in [0.05, 0.1) is 12.7 Å². The van der Waals surface area contributed by atoms with Crippen molar-refractivity contribution in [3.63, 3.8) is 0 Å².